The second-order valence-corrected chi connectivity index (χ2v) is 4.71. The molecular formula is C12H21N. The van der Waals surface area contributed by atoms with E-state index in [4.69, 9.17) is 5.73 Å². The van der Waals surface area contributed by atoms with Gasteiger partial charge in [0.2, 0.25) is 0 Å². The SMILES string of the molecule is NC1CCC(=CC2CCCC2)CC1. The highest BCUT2D eigenvalue weighted by Crippen LogP contribution is 2.30. The van der Waals surface area contributed by atoms with Crippen molar-refractivity contribution in [3.05, 3.63) is 11.6 Å². The van der Waals surface area contributed by atoms with Crippen LogP contribution >= 0.6 is 0 Å². The molecule has 0 aromatic rings. The topological polar surface area (TPSA) is 26.0 Å². The number of rotatable bonds is 1. The van der Waals surface area contributed by atoms with E-state index in [1.807, 2.05) is 0 Å². The minimum absolute atomic E-state index is 0.487. The Bertz CT molecular complexity index is 179. The molecule has 0 amide bonds. The van der Waals surface area contributed by atoms with Gasteiger partial charge < -0.3 is 5.73 Å². The maximum Gasteiger partial charge on any atom is 0.00449 e. The van der Waals surface area contributed by atoms with Gasteiger partial charge >= 0.3 is 0 Å². The third-order valence-corrected chi connectivity index (χ3v) is 3.54. The smallest absolute Gasteiger partial charge is 0.00449 e. The molecule has 0 unspecified atom stereocenters. The third-order valence-electron chi connectivity index (χ3n) is 3.54. The van der Waals surface area contributed by atoms with Crippen molar-refractivity contribution in [3.63, 3.8) is 0 Å². The van der Waals surface area contributed by atoms with E-state index >= 15 is 0 Å². The Hall–Kier alpha value is -0.300. The molecule has 1 heteroatoms. The van der Waals surface area contributed by atoms with Crippen LogP contribution in [0.15, 0.2) is 11.6 Å². The summed E-state index contributed by atoms with van der Waals surface area (Å²) in [5, 5.41) is 0. The molecule has 2 N–H and O–H groups in total. The average Bonchev–Trinajstić information content (AvgIpc) is 2.62. The maximum atomic E-state index is 5.88. The lowest BCUT2D eigenvalue weighted by Gasteiger charge is -2.21. The molecule has 2 rings (SSSR count). The van der Waals surface area contributed by atoms with Crippen LogP contribution in [0.2, 0.25) is 0 Å². The molecular weight excluding hydrogens is 158 g/mol. The van der Waals surface area contributed by atoms with Crippen molar-refractivity contribution < 1.29 is 0 Å². The average molecular weight is 179 g/mol. The van der Waals surface area contributed by atoms with Gasteiger partial charge in [0.05, 0.1) is 0 Å². The van der Waals surface area contributed by atoms with Crippen LogP contribution in [-0.4, -0.2) is 6.04 Å². The van der Waals surface area contributed by atoms with E-state index in [0.717, 1.165) is 5.92 Å². The van der Waals surface area contributed by atoms with Gasteiger partial charge in [-0.3, -0.25) is 0 Å². The van der Waals surface area contributed by atoms with Gasteiger partial charge in [-0.15, -0.1) is 0 Å². The summed E-state index contributed by atoms with van der Waals surface area (Å²) < 4.78 is 0. The summed E-state index contributed by atoms with van der Waals surface area (Å²) in [6.45, 7) is 0. The van der Waals surface area contributed by atoms with Crippen molar-refractivity contribution in [2.45, 2.75) is 57.4 Å². The molecule has 0 bridgehead atoms. The van der Waals surface area contributed by atoms with Crippen molar-refractivity contribution in [2.24, 2.45) is 11.7 Å². The van der Waals surface area contributed by atoms with Gasteiger partial charge in [0.1, 0.15) is 0 Å². The zero-order chi connectivity index (χ0) is 9.10. The summed E-state index contributed by atoms with van der Waals surface area (Å²) in [5.74, 6) is 0.921. The van der Waals surface area contributed by atoms with Crippen molar-refractivity contribution >= 4 is 0 Å². The first-order valence-corrected chi connectivity index (χ1v) is 5.80. The second kappa shape index (κ2) is 4.28. The van der Waals surface area contributed by atoms with Gasteiger partial charge in [-0.25, -0.2) is 0 Å². The van der Waals surface area contributed by atoms with Crippen LogP contribution in [0.5, 0.6) is 0 Å². The fourth-order valence-electron chi connectivity index (χ4n) is 2.63. The zero-order valence-electron chi connectivity index (χ0n) is 8.47. The normalized spacial score (nSPS) is 30.8. The summed E-state index contributed by atoms with van der Waals surface area (Å²) in [4.78, 5) is 0. The van der Waals surface area contributed by atoms with Crippen LogP contribution in [0.4, 0.5) is 0 Å². The second-order valence-electron chi connectivity index (χ2n) is 4.71. The molecule has 74 valence electrons. The number of hydrogen-bond acceptors (Lipinski definition) is 1. The molecule has 0 spiro atoms. The molecule has 1 nitrogen and oxygen atoms in total. The van der Waals surface area contributed by atoms with Crippen molar-refractivity contribution in [3.8, 4) is 0 Å². The first-order chi connectivity index (χ1) is 6.34. The first kappa shape index (κ1) is 9.26. The molecule has 2 aliphatic rings. The number of nitrogens with two attached hydrogens (primary N) is 1. The Morgan fingerprint density at radius 2 is 1.62 bits per heavy atom. The van der Waals surface area contributed by atoms with Gasteiger partial charge in [-0.1, -0.05) is 24.5 Å². The van der Waals surface area contributed by atoms with Crippen molar-refractivity contribution in [2.75, 3.05) is 0 Å². The van der Waals surface area contributed by atoms with Crippen molar-refractivity contribution in [1.29, 1.82) is 0 Å². The fraction of sp³-hybridized carbons (Fsp3) is 0.833. The van der Waals surface area contributed by atoms with E-state index < -0.39 is 0 Å². The van der Waals surface area contributed by atoms with E-state index in [2.05, 4.69) is 6.08 Å². The molecule has 2 fully saturated rings. The van der Waals surface area contributed by atoms with E-state index in [0.29, 0.717) is 6.04 Å². The molecule has 0 aromatic heterocycles. The lowest BCUT2D eigenvalue weighted by atomic mass is 9.89. The molecule has 13 heavy (non-hydrogen) atoms. The van der Waals surface area contributed by atoms with Crippen LogP contribution in [0.25, 0.3) is 0 Å². The summed E-state index contributed by atoms with van der Waals surface area (Å²) in [6, 6.07) is 0.487. The lowest BCUT2D eigenvalue weighted by Crippen LogP contribution is -2.23. The van der Waals surface area contributed by atoms with Crippen LogP contribution in [0.1, 0.15) is 51.4 Å². The Labute approximate surface area is 81.4 Å². The first-order valence-electron chi connectivity index (χ1n) is 5.80. The molecule has 0 saturated heterocycles. The van der Waals surface area contributed by atoms with Crippen molar-refractivity contribution in [1.82, 2.24) is 0 Å². The van der Waals surface area contributed by atoms with E-state index in [1.165, 1.54) is 51.4 Å². The quantitative estimate of drug-likeness (QED) is 0.615. The van der Waals surface area contributed by atoms with Crippen LogP contribution in [0.3, 0.4) is 0 Å². The molecule has 0 radical (unpaired) electrons. The fourth-order valence-corrected chi connectivity index (χ4v) is 2.63. The third kappa shape index (κ3) is 2.57. The highest BCUT2D eigenvalue weighted by molar-refractivity contribution is 5.08. The minimum atomic E-state index is 0.487. The molecule has 2 aliphatic carbocycles. The van der Waals surface area contributed by atoms with Gasteiger partial charge in [0, 0.05) is 6.04 Å². The Kier molecular flexibility index (Phi) is 3.05. The molecule has 0 aromatic carbocycles. The van der Waals surface area contributed by atoms with Gasteiger partial charge in [-0.2, -0.15) is 0 Å². The zero-order valence-corrected chi connectivity index (χ0v) is 8.47. The summed E-state index contributed by atoms with van der Waals surface area (Å²) in [6.07, 6.45) is 13.3. The van der Waals surface area contributed by atoms with E-state index in [-0.39, 0.29) is 0 Å². The van der Waals surface area contributed by atoms with Crippen LogP contribution in [0, 0.1) is 5.92 Å². The summed E-state index contributed by atoms with van der Waals surface area (Å²) >= 11 is 0. The van der Waals surface area contributed by atoms with E-state index in [9.17, 15) is 0 Å². The Morgan fingerprint density at radius 3 is 2.23 bits per heavy atom. The minimum Gasteiger partial charge on any atom is -0.328 e. The standard InChI is InChI=1S/C12H21N/c13-12-7-5-11(6-8-12)9-10-3-1-2-4-10/h9-10,12H,1-8,13H2. The largest absolute Gasteiger partial charge is 0.328 e. The Morgan fingerprint density at radius 1 is 1.00 bits per heavy atom. The highest BCUT2D eigenvalue weighted by atomic mass is 14.6. The van der Waals surface area contributed by atoms with Gasteiger partial charge in [-0.05, 0) is 44.4 Å². The highest BCUT2D eigenvalue weighted by Gasteiger charge is 2.16. The predicted molar refractivity (Wildman–Crippen MR) is 56.5 cm³/mol. The molecule has 0 aliphatic heterocycles. The van der Waals surface area contributed by atoms with Crippen LogP contribution in [-0.2, 0) is 0 Å². The molecule has 0 atom stereocenters. The predicted octanol–water partition coefficient (Wildman–Crippen LogP) is 3.00. The van der Waals surface area contributed by atoms with Gasteiger partial charge in [0.25, 0.3) is 0 Å². The molecule has 2 saturated carbocycles. The van der Waals surface area contributed by atoms with E-state index in [1.54, 1.807) is 5.57 Å². The number of allylic oxidation sites excluding steroid dienone is 2. The summed E-state index contributed by atoms with van der Waals surface area (Å²) in [5.41, 5.74) is 7.58. The monoisotopic (exact) mass is 179 g/mol. The summed E-state index contributed by atoms with van der Waals surface area (Å²) in [7, 11) is 0. The molecule has 0 heterocycles. The van der Waals surface area contributed by atoms with Crippen LogP contribution < -0.4 is 5.73 Å². The van der Waals surface area contributed by atoms with Gasteiger partial charge in [0.15, 0.2) is 0 Å². The Balaban J connectivity index is 1.85. The lowest BCUT2D eigenvalue weighted by molar-refractivity contribution is 0.505. The number of hydrogen-bond donors (Lipinski definition) is 1. The maximum absolute atomic E-state index is 5.88.